The lowest BCUT2D eigenvalue weighted by atomic mass is 10.1. The van der Waals surface area contributed by atoms with E-state index in [1.165, 1.54) is 30.4 Å². The van der Waals surface area contributed by atoms with E-state index in [4.69, 9.17) is 4.42 Å². The van der Waals surface area contributed by atoms with Crippen LogP contribution in [0.4, 0.5) is 23.2 Å². The average molecular weight is 374 g/mol. The first-order chi connectivity index (χ1) is 12.2. The molecule has 10 heteroatoms. The fraction of sp³-hybridized carbons (Fsp3) is 0.250. The number of hydrogen-bond donors (Lipinski definition) is 2. The van der Waals surface area contributed by atoms with Crippen molar-refractivity contribution in [1.82, 2.24) is 5.32 Å². The van der Waals surface area contributed by atoms with E-state index in [0.717, 1.165) is 24.5 Å². The van der Waals surface area contributed by atoms with Crippen LogP contribution in [0, 0.1) is 5.82 Å². The second kappa shape index (κ2) is 7.46. The van der Waals surface area contributed by atoms with E-state index in [0.29, 0.717) is 0 Å². The van der Waals surface area contributed by atoms with Crippen LogP contribution in [0.2, 0.25) is 0 Å². The third kappa shape index (κ3) is 3.79. The summed E-state index contributed by atoms with van der Waals surface area (Å²) in [7, 11) is 0. The van der Waals surface area contributed by atoms with Crippen LogP contribution in [0.25, 0.3) is 0 Å². The number of anilines is 1. The fourth-order valence-electron chi connectivity index (χ4n) is 2.03. The number of carbonyl (C=O) groups excluding carboxylic acids is 2. The molecule has 0 aliphatic heterocycles. The summed E-state index contributed by atoms with van der Waals surface area (Å²) in [5.74, 6) is -4.73. The molecule has 2 aromatic rings. The van der Waals surface area contributed by atoms with Gasteiger partial charge in [0.15, 0.2) is 5.76 Å². The minimum atomic E-state index is -5.37. The number of carbonyl (C=O) groups is 2. The quantitative estimate of drug-likeness (QED) is 0.461. The topological polar surface area (TPSA) is 80.6 Å². The summed E-state index contributed by atoms with van der Waals surface area (Å²) in [5.41, 5.74) is -4.38. The highest BCUT2D eigenvalue weighted by molar-refractivity contribution is 5.97. The Labute approximate surface area is 145 Å². The minimum Gasteiger partial charge on any atom is -0.463 e. The van der Waals surface area contributed by atoms with Crippen LogP contribution in [0.5, 0.6) is 0 Å². The highest BCUT2D eigenvalue weighted by Crippen LogP contribution is 2.34. The zero-order valence-corrected chi connectivity index (χ0v) is 13.4. The zero-order chi connectivity index (χ0) is 19.4. The molecule has 0 radical (unpaired) electrons. The van der Waals surface area contributed by atoms with Crippen LogP contribution in [0.3, 0.4) is 0 Å². The molecule has 0 saturated carbocycles. The third-order valence-electron chi connectivity index (χ3n) is 3.25. The van der Waals surface area contributed by atoms with Crippen molar-refractivity contribution in [3.8, 4) is 0 Å². The number of alkyl halides is 3. The summed E-state index contributed by atoms with van der Waals surface area (Å²) in [6, 6.07) is 6.76. The van der Waals surface area contributed by atoms with Gasteiger partial charge in [-0.1, -0.05) is 12.1 Å². The third-order valence-corrected chi connectivity index (χ3v) is 3.25. The van der Waals surface area contributed by atoms with Gasteiger partial charge in [0, 0.05) is 0 Å². The summed E-state index contributed by atoms with van der Waals surface area (Å²) < 4.78 is 64.6. The lowest BCUT2D eigenvalue weighted by Crippen LogP contribution is -2.69. The predicted octanol–water partition coefficient (Wildman–Crippen LogP) is 3.08. The molecule has 1 atom stereocenters. The Kier molecular flexibility index (Phi) is 5.53. The van der Waals surface area contributed by atoms with Crippen molar-refractivity contribution in [3.05, 3.63) is 54.2 Å². The van der Waals surface area contributed by atoms with Gasteiger partial charge >= 0.3 is 17.8 Å². The first-order valence-corrected chi connectivity index (χ1v) is 7.34. The van der Waals surface area contributed by atoms with Gasteiger partial charge in [0.1, 0.15) is 5.82 Å². The molecule has 1 aromatic heterocycles. The lowest BCUT2D eigenvalue weighted by molar-refractivity contribution is -0.204. The van der Waals surface area contributed by atoms with E-state index < -0.39 is 47.6 Å². The van der Waals surface area contributed by atoms with Gasteiger partial charge in [-0.05, 0) is 31.2 Å². The number of hydrogen-bond acceptors (Lipinski definition) is 5. The lowest BCUT2D eigenvalue weighted by Gasteiger charge is -2.35. The van der Waals surface area contributed by atoms with Crippen molar-refractivity contribution in [2.45, 2.75) is 18.8 Å². The van der Waals surface area contributed by atoms with Gasteiger partial charge < -0.3 is 19.8 Å². The van der Waals surface area contributed by atoms with Crippen LogP contribution < -0.4 is 10.6 Å². The number of halogens is 4. The van der Waals surface area contributed by atoms with Gasteiger partial charge in [-0.25, -0.2) is 9.18 Å². The van der Waals surface area contributed by atoms with Crippen molar-refractivity contribution in [3.63, 3.8) is 0 Å². The first kappa shape index (κ1) is 19.3. The number of nitrogens with one attached hydrogen (secondary N) is 2. The number of rotatable bonds is 6. The zero-order valence-electron chi connectivity index (χ0n) is 13.4. The van der Waals surface area contributed by atoms with Crippen LogP contribution >= 0.6 is 0 Å². The van der Waals surface area contributed by atoms with Crippen molar-refractivity contribution >= 4 is 17.6 Å². The molecular weight excluding hydrogens is 360 g/mol. The van der Waals surface area contributed by atoms with E-state index in [1.807, 2.05) is 0 Å². The molecule has 0 spiro atoms. The molecule has 140 valence electrons. The molecule has 26 heavy (non-hydrogen) atoms. The van der Waals surface area contributed by atoms with Crippen molar-refractivity contribution < 1.29 is 36.3 Å². The fourth-order valence-corrected chi connectivity index (χ4v) is 2.03. The maximum absolute atomic E-state index is 13.9. The number of para-hydroxylation sites is 1. The number of benzene rings is 1. The number of ether oxygens (including phenoxy) is 1. The first-order valence-electron chi connectivity index (χ1n) is 7.34. The van der Waals surface area contributed by atoms with Crippen molar-refractivity contribution in [2.24, 2.45) is 0 Å². The molecule has 1 aromatic carbocycles. The van der Waals surface area contributed by atoms with E-state index in [9.17, 15) is 27.2 Å². The van der Waals surface area contributed by atoms with Crippen LogP contribution in [0.15, 0.2) is 47.1 Å². The summed E-state index contributed by atoms with van der Waals surface area (Å²) in [6.07, 6.45) is -4.30. The van der Waals surface area contributed by atoms with Gasteiger partial charge in [0.05, 0.1) is 18.6 Å². The molecule has 0 bridgehead atoms. The molecular formula is C16H14F4N2O4. The number of amides is 1. The standard InChI is InChI=1S/C16H14F4N2O4/c1-2-25-14(24)15(16(18,19)20,21-11-7-4-3-6-10(11)17)22-13(23)12-8-5-9-26-12/h3-9,21H,2H2,1H3,(H,22,23). The van der Waals surface area contributed by atoms with Crippen LogP contribution in [0.1, 0.15) is 17.5 Å². The summed E-state index contributed by atoms with van der Waals surface area (Å²) in [5, 5.41) is 3.25. The predicted molar refractivity (Wildman–Crippen MR) is 81.6 cm³/mol. The molecule has 0 aliphatic carbocycles. The molecule has 1 unspecified atom stereocenters. The van der Waals surface area contributed by atoms with E-state index in [1.54, 1.807) is 5.32 Å². The average Bonchev–Trinajstić information content (AvgIpc) is 3.09. The molecule has 2 N–H and O–H groups in total. The molecule has 1 amide bonds. The molecule has 0 saturated heterocycles. The van der Waals surface area contributed by atoms with Crippen molar-refractivity contribution in [1.29, 1.82) is 0 Å². The van der Waals surface area contributed by atoms with Gasteiger partial charge in [0.2, 0.25) is 0 Å². The molecule has 0 aliphatic rings. The van der Waals surface area contributed by atoms with E-state index in [2.05, 4.69) is 4.74 Å². The smallest absolute Gasteiger partial charge is 0.441 e. The monoisotopic (exact) mass is 374 g/mol. The summed E-state index contributed by atoms with van der Waals surface area (Å²) >= 11 is 0. The normalized spacial score (nSPS) is 13.6. The molecule has 1 heterocycles. The molecule has 6 nitrogen and oxygen atoms in total. The van der Waals surface area contributed by atoms with Gasteiger partial charge in [-0.3, -0.25) is 4.79 Å². The Morgan fingerprint density at radius 1 is 1.15 bits per heavy atom. The Morgan fingerprint density at radius 2 is 1.85 bits per heavy atom. The Balaban J connectivity index is 2.51. The largest absolute Gasteiger partial charge is 0.463 e. The maximum atomic E-state index is 13.9. The Bertz CT molecular complexity index is 777. The summed E-state index contributed by atoms with van der Waals surface area (Å²) in [4.78, 5) is 24.3. The van der Waals surface area contributed by atoms with Gasteiger partial charge in [0.25, 0.3) is 5.91 Å². The second-order valence-electron chi connectivity index (χ2n) is 5.00. The Morgan fingerprint density at radius 3 is 2.38 bits per heavy atom. The number of furan rings is 1. The SMILES string of the molecule is CCOC(=O)C(NC(=O)c1ccco1)(Nc1ccccc1F)C(F)(F)F. The number of esters is 1. The van der Waals surface area contributed by atoms with Gasteiger partial charge in [-0.15, -0.1) is 0 Å². The summed E-state index contributed by atoms with van der Waals surface area (Å²) in [6.45, 7) is 0.892. The van der Waals surface area contributed by atoms with Crippen LogP contribution in [-0.2, 0) is 9.53 Å². The molecule has 2 rings (SSSR count). The maximum Gasteiger partial charge on any atom is 0.441 e. The van der Waals surface area contributed by atoms with Crippen LogP contribution in [-0.4, -0.2) is 30.3 Å². The van der Waals surface area contributed by atoms with E-state index in [-0.39, 0.29) is 0 Å². The van der Waals surface area contributed by atoms with Gasteiger partial charge in [-0.2, -0.15) is 13.2 Å². The Hall–Kier alpha value is -3.04. The highest BCUT2D eigenvalue weighted by Gasteiger charge is 2.64. The highest BCUT2D eigenvalue weighted by atomic mass is 19.4. The minimum absolute atomic E-state index is 0.397. The molecule has 0 fully saturated rings. The van der Waals surface area contributed by atoms with Crippen molar-refractivity contribution in [2.75, 3.05) is 11.9 Å². The second-order valence-corrected chi connectivity index (χ2v) is 5.00. The van der Waals surface area contributed by atoms with E-state index >= 15 is 0 Å².